The van der Waals surface area contributed by atoms with Crippen LogP contribution < -0.4 is 0 Å². The molecule has 2 nitrogen and oxygen atoms in total. The van der Waals surface area contributed by atoms with Crippen LogP contribution in [0.25, 0.3) is 22.3 Å². The van der Waals surface area contributed by atoms with Gasteiger partial charge >= 0.3 is 0 Å². The molecule has 33 heavy (non-hydrogen) atoms. The average Bonchev–Trinajstić information content (AvgIpc) is 2.84. The van der Waals surface area contributed by atoms with Gasteiger partial charge in [-0.2, -0.15) is 0 Å². The summed E-state index contributed by atoms with van der Waals surface area (Å²) in [6, 6.07) is 24.6. The summed E-state index contributed by atoms with van der Waals surface area (Å²) in [6.45, 7) is 8.73. The van der Waals surface area contributed by atoms with E-state index in [2.05, 4.69) is 87.2 Å². The largest absolute Gasteiger partial charge is 0.342 e. The van der Waals surface area contributed by atoms with Crippen molar-refractivity contribution in [2.75, 3.05) is 13.6 Å². The number of rotatable bonds is 11. The van der Waals surface area contributed by atoms with Crippen molar-refractivity contribution in [1.29, 1.82) is 0 Å². The first-order chi connectivity index (χ1) is 16.0. The van der Waals surface area contributed by atoms with Gasteiger partial charge in [0.25, 0.3) is 0 Å². The molecule has 0 atom stereocenters. The minimum atomic E-state index is -0.0212. The highest BCUT2D eigenvalue weighted by molar-refractivity contribution is 5.86. The molecule has 0 aliphatic rings. The normalized spacial score (nSPS) is 10.8. The highest BCUT2D eigenvalue weighted by Gasteiger charge is 2.07. The van der Waals surface area contributed by atoms with Crippen LogP contribution in [0.5, 0.6) is 0 Å². The number of likely N-dealkylation sites (N-methyl/N-ethyl adjacent to an activating group) is 1. The Hall–Kier alpha value is -3.13. The van der Waals surface area contributed by atoms with Crippen molar-refractivity contribution in [2.45, 2.75) is 52.4 Å². The molecule has 2 heteroatoms. The highest BCUT2D eigenvalue weighted by Crippen LogP contribution is 2.29. The summed E-state index contributed by atoms with van der Waals surface area (Å²) < 4.78 is 0. The molecule has 0 radical (unpaired) electrons. The number of nitrogens with zero attached hydrogens (tertiary/aromatic N) is 1. The summed E-state index contributed by atoms with van der Waals surface area (Å²) in [6.07, 6.45) is 8.29. The minimum absolute atomic E-state index is 0.0212. The van der Waals surface area contributed by atoms with Crippen LogP contribution in [0.1, 0.15) is 49.3 Å². The lowest BCUT2D eigenvalue weighted by Crippen LogP contribution is -2.25. The van der Waals surface area contributed by atoms with Gasteiger partial charge in [-0.15, -0.1) is 0 Å². The fraction of sp³-hybridized carbons (Fsp3) is 0.323. The third kappa shape index (κ3) is 6.92. The molecule has 0 fully saturated rings. The zero-order valence-electron chi connectivity index (χ0n) is 20.4. The molecular weight excluding hydrogens is 402 g/mol. The van der Waals surface area contributed by atoms with Gasteiger partial charge in [0.05, 0.1) is 0 Å². The van der Waals surface area contributed by atoms with Crippen molar-refractivity contribution in [3.8, 4) is 22.3 Å². The molecule has 0 saturated heterocycles. The topological polar surface area (TPSA) is 20.3 Å². The molecule has 0 aliphatic heterocycles. The third-order valence-corrected chi connectivity index (χ3v) is 6.36. The van der Waals surface area contributed by atoms with Gasteiger partial charge in [-0.05, 0) is 77.6 Å². The molecule has 0 spiro atoms. The number of carbonyl (C=O) groups excluding carboxylic acids is 1. The average molecular weight is 440 g/mol. The molecule has 0 bridgehead atoms. The fourth-order valence-electron chi connectivity index (χ4n) is 4.25. The van der Waals surface area contributed by atoms with E-state index >= 15 is 0 Å². The van der Waals surface area contributed by atoms with E-state index in [-0.39, 0.29) is 5.91 Å². The van der Waals surface area contributed by atoms with Crippen molar-refractivity contribution < 1.29 is 4.79 Å². The summed E-state index contributed by atoms with van der Waals surface area (Å²) in [4.78, 5) is 13.3. The number of aryl methyl sites for hydroxylation is 3. The van der Waals surface area contributed by atoms with Gasteiger partial charge in [0.1, 0.15) is 0 Å². The second kappa shape index (κ2) is 12.2. The number of benzene rings is 3. The number of hydrogen-bond acceptors (Lipinski definition) is 1. The van der Waals surface area contributed by atoms with E-state index in [1.807, 2.05) is 7.05 Å². The first-order valence-electron chi connectivity index (χ1n) is 12.2. The van der Waals surface area contributed by atoms with Crippen molar-refractivity contribution in [3.63, 3.8) is 0 Å². The standard InChI is InChI=1S/C31H37NO/c1-5-7-8-10-25-14-18-28(19-15-25)30-21-20-29(23-24(30)3)27-16-12-26(13-17-27)11-9-22-32(4)31(33)6-2/h6,12-21,23H,2,5,7-11,22H2,1,3-4H3. The van der Waals surface area contributed by atoms with Crippen LogP contribution in [-0.2, 0) is 17.6 Å². The van der Waals surface area contributed by atoms with E-state index in [0.29, 0.717) is 0 Å². The number of hydrogen-bond donors (Lipinski definition) is 0. The SMILES string of the molecule is C=CC(=O)N(C)CCCc1ccc(-c2ccc(-c3ccc(CCCCC)cc3)c(C)c2)cc1. The van der Waals surface area contributed by atoms with Gasteiger partial charge in [-0.3, -0.25) is 4.79 Å². The monoisotopic (exact) mass is 439 g/mol. The van der Waals surface area contributed by atoms with Gasteiger partial charge in [0.15, 0.2) is 0 Å². The first kappa shape index (κ1) is 24.5. The second-order valence-corrected chi connectivity index (χ2v) is 8.95. The van der Waals surface area contributed by atoms with E-state index in [1.54, 1.807) is 4.90 Å². The lowest BCUT2D eigenvalue weighted by Gasteiger charge is -2.14. The molecule has 0 N–H and O–H groups in total. The number of unbranched alkanes of at least 4 members (excludes halogenated alkanes) is 2. The summed E-state index contributed by atoms with van der Waals surface area (Å²) in [5.41, 5.74) is 9.09. The van der Waals surface area contributed by atoms with E-state index in [9.17, 15) is 4.79 Å². The number of carbonyl (C=O) groups is 1. The summed E-state index contributed by atoms with van der Waals surface area (Å²) in [7, 11) is 1.82. The van der Waals surface area contributed by atoms with Crippen LogP contribution in [0.4, 0.5) is 0 Å². The molecule has 0 heterocycles. The Labute approximate surface area is 200 Å². The summed E-state index contributed by atoms with van der Waals surface area (Å²) in [5, 5.41) is 0. The van der Waals surface area contributed by atoms with Gasteiger partial charge in [-0.25, -0.2) is 0 Å². The third-order valence-electron chi connectivity index (χ3n) is 6.36. The highest BCUT2D eigenvalue weighted by atomic mass is 16.2. The van der Waals surface area contributed by atoms with Crippen LogP contribution in [0.15, 0.2) is 79.4 Å². The van der Waals surface area contributed by atoms with Crippen molar-refractivity contribution in [3.05, 3.63) is 96.1 Å². The Kier molecular flexibility index (Phi) is 9.06. The fourth-order valence-corrected chi connectivity index (χ4v) is 4.25. The van der Waals surface area contributed by atoms with Crippen molar-refractivity contribution in [2.24, 2.45) is 0 Å². The lowest BCUT2D eigenvalue weighted by molar-refractivity contribution is -0.124. The van der Waals surface area contributed by atoms with Gasteiger partial charge in [0.2, 0.25) is 5.91 Å². The molecule has 0 unspecified atom stereocenters. The Balaban J connectivity index is 1.62. The molecule has 0 aromatic heterocycles. The minimum Gasteiger partial charge on any atom is -0.342 e. The van der Waals surface area contributed by atoms with Gasteiger partial charge in [0, 0.05) is 13.6 Å². The van der Waals surface area contributed by atoms with Crippen LogP contribution in [0, 0.1) is 6.92 Å². The number of amides is 1. The van der Waals surface area contributed by atoms with E-state index < -0.39 is 0 Å². The quantitative estimate of drug-likeness (QED) is 0.222. The van der Waals surface area contributed by atoms with E-state index in [4.69, 9.17) is 0 Å². The zero-order valence-corrected chi connectivity index (χ0v) is 20.4. The van der Waals surface area contributed by atoms with E-state index in [0.717, 1.165) is 19.4 Å². The smallest absolute Gasteiger partial charge is 0.245 e. The second-order valence-electron chi connectivity index (χ2n) is 8.95. The molecule has 172 valence electrons. The molecule has 3 aromatic carbocycles. The Bertz CT molecular complexity index is 1050. The molecule has 3 aromatic rings. The molecule has 0 aliphatic carbocycles. The molecule has 3 rings (SSSR count). The van der Waals surface area contributed by atoms with Crippen LogP contribution in [0.2, 0.25) is 0 Å². The molecule has 0 saturated carbocycles. The van der Waals surface area contributed by atoms with Crippen molar-refractivity contribution in [1.82, 2.24) is 4.90 Å². The lowest BCUT2D eigenvalue weighted by atomic mass is 9.94. The van der Waals surface area contributed by atoms with Crippen LogP contribution in [0.3, 0.4) is 0 Å². The van der Waals surface area contributed by atoms with Gasteiger partial charge in [-0.1, -0.05) is 93.1 Å². The Morgan fingerprint density at radius 1 is 0.818 bits per heavy atom. The maximum Gasteiger partial charge on any atom is 0.245 e. The summed E-state index contributed by atoms with van der Waals surface area (Å²) in [5.74, 6) is -0.0212. The first-order valence-corrected chi connectivity index (χ1v) is 12.2. The Morgan fingerprint density at radius 3 is 1.97 bits per heavy atom. The van der Waals surface area contributed by atoms with Crippen molar-refractivity contribution >= 4 is 5.91 Å². The van der Waals surface area contributed by atoms with Gasteiger partial charge < -0.3 is 4.90 Å². The predicted molar refractivity (Wildman–Crippen MR) is 141 cm³/mol. The van der Waals surface area contributed by atoms with Crippen LogP contribution >= 0.6 is 0 Å². The molecule has 1 amide bonds. The van der Waals surface area contributed by atoms with Crippen LogP contribution in [-0.4, -0.2) is 24.4 Å². The Morgan fingerprint density at radius 2 is 1.39 bits per heavy atom. The maximum atomic E-state index is 11.6. The maximum absolute atomic E-state index is 11.6. The molecular formula is C31H37NO. The predicted octanol–water partition coefficient (Wildman–Crippen LogP) is 7.64. The van der Waals surface area contributed by atoms with E-state index in [1.165, 1.54) is 70.7 Å². The summed E-state index contributed by atoms with van der Waals surface area (Å²) >= 11 is 0. The zero-order chi connectivity index (χ0) is 23.6.